The van der Waals surface area contributed by atoms with Crippen molar-refractivity contribution >= 4 is 39.5 Å². The normalized spacial score (nSPS) is 16.2. The van der Waals surface area contributed by atoms with E-state index in [9.17, 15) is 14.4 Å². The van der Waals surface area contributed by atoms with Crippen LogP contribution in [0.15, 0.2) is 58.4 Å². The maximum Gasteiger partial charge on any atom is 0.407 e. The van der Waals surface area contributed by atoms with E-state index in [0.717, 1.165) is 76.0 Å². The Morgan fingerprint density at radius 3 is 1.69 bits per heavy atom. The summed E-state index contributed by atoms with van der Waals surface area (Å²) in [7, 11) is 0. The zero-order chi connectivity index (χ0) is 36.5. The predicted octanol–water partition coefficient (Wildman–Crippen LogP) is 4.31. The molecule has 2 fully saturated rings. The maximum atomic E-state index is 12.3. The first kappa shape index (κ1) is 37.1. The molecule has 0 unspecified atom stereocenters. The number of hydrogen-bond acceptors (Lipinski definition) is 9. The molecule has 2 saturated heterocycles. The van der Waals surface area contributed by atoms with Crippen molar-refractivity contribution in [2.24, 2.45) is 5.73 Å². The van der Waals surface area contributed by atoms with Crippen LogP contribution in [-0.4, -0.2) is 91.9 Å². The highest BCUT2D eigenvalue weighted by atomic mass is 16.6. The van der Waals surface area contributed by atoms with E-state index >= 15 is 0 Å². The number of nitrogens with one attached hydrogen (secondary N) is 1. The molecule has 2 aliphatic heterocycles. The van der Waals surface area contributed by atoms with Gasteiger partial charge < -0.3 is 34.7 Å². The summed E-state index contributed by atoms with van der Waals surface area (Å²) < 4.78 is 8.71. The van der Waals surface area contributed by atoms with Gasteiger partial charge in [-0.15, -0.1) is 0 Å². The fraction of sp³-hybridized carbons (Fsp3) is 0.486. The third kappa shape index (κ3) is 10.2. The molecular formula is C37H46N10O4. The molecule has 4 heterocycles. The van der Waals surface area contributed by atoms with Gasteiger partial charge in [-0.3, -0.25) is 9.59 Å². The van der Waals surface area contributed by atoms with Crippen LogP contribution >= 0.6 is 0 Å². The molecule has 0 saturated carbocycles. The first-order valence-corrected chi connectivity index (χ1v) is 17.4. The molecule has 14 heteroatoms. The molecule has 1 amide bonds. The second kappa shape index (κ2) is 16.7. The zero-order valence-electron chi connectivity index (χ0n) is 29.5. The summed E-state index contributed by atoms with van der Waals surface area (Å²) in [5, 5.41) is 2.94. The molecule has 2 aromatic carbocycles. The topological polar surface area (TPSA) is 149 Å². The van der Waals surface area contributed by atoms with Crippen LogP contribution in [0.3, 0.4) is 0 Å². The molecule has 268 valence electrons. The minimum Gasteiger partial charge on any atom is -0.444 e. The summed E-state index contributed by atoms with van der Waals surface area (Å²) in [4.78, 5) is 56.2. The van der Waals surface area contributed by atoms with Crippen molar-refractivity contribution in [3.63, 3.8) is 0 Å². The van der Waals surface area contributed by atoms with E-state index < -0.39 is 5.60 Å². The fourth-order valence-electron chi connectivity index (χ4n) is 6.34. The Labute approximate surface area is 297 Å². The second-order valence-electron chi connectivity index (χ2n) is 14.0. The van der Waals surface area contributed by atoms with E-state index in [0.29, 0.717) is 41.5 Å². The number of aromatic nitrogens is 4. The van der Waals surface area contributed by atoms with Crippen LogP contribution in [0.2, 0.25) is 0 Å². The minimum atomic E-state index is -0.502. The summed E-state index contributed by atoms with van der Waals surface area (Å²) in [6.07, 6.45) is 6.01. The number of piperidine rings is 2. The lowest BCUT2D eigenvalue weighted by Gasteiger charge is -2.33. The Balaban J connectivity index is 0.000000205. The Bertz CT molecular complexity index is 2040. The number of benzene rings is 2. The predicted molar refractivity (Wildman–Crippen MR) is 197 cm³/mol. The number of nitrogens with two attached hydrogens (primary N) is 1. The molecule has 14 nitrogen and oxygen atoms in total. The molecule has 0 spiro atoms. The summed E-state index contributed by atoms with van der Waals surface area (Å²) in [6, 6.07) is 10.9. The fourth-order valence-corrected chi connectivity index (χ4v) is 6.34. The SMILES string of the molecule is [C-]#[N+]c1ccc2ncc(=O)n(CCN3CCC(N)CC3)c2c1.[C-]#[N+]c1ccc2ncc(=O)n(CCN3CCC(NC(=O)OC(C)(C)C)CC3)c2c1. The molecule has 6 rings (SSSR count). The van der Waals surface area contributed by atoms with E-state index in [4.69, 9.17) is 23.6 Å². The van der Waals surface area contributed by atoms with Crippen molar-refractivity contribution in [2.75, 3.05) is 39.3 Å². The number of ether oxygens (including phenoxy) is 1. The molecule has 51 heavy (non-hydrogen) atoms. The highest BCUT2D eigenvalue weighted by Gasteiger charge is 2.24. The van der Waals surface area contributed by atoms with Crippen LogP contribution in [0.1, 0.15) is 46.5 Å². The number of fused-ring (bicyclic) bond motifs is 2. The maximum absolute atomic E-state index is 12.3. The van der Waals surface area contributed by atoms with Crippen molar-refractivity contribution in [1.82, 2.24) is 34.2 Å². The number of carbonyl (C=O) groups excluding carboxylic acids is 1. The lowest BCUT2D eigenvalue weighted by atomic mass is 10.1. The molecule has 0 aliphatic carbocycles. The van der Waals surface area contributed by atoms with Crippen molar-refractivity contribution in [3.8, 4) is 0 Å². The van der Waals surface area contributed by atoms with Crippen molar-refractivity contribution in [3.05, 3.63) is 92.3 Å². The Morgan fingerprint density at radius 2 is 1.25 bits per heavy atom. The number of hydrogen-bond donors (Lipinski definition) is 2. The molecule has 0 bridgehead atoms. The van der Waals surface area contributed by atoms with Gasteiger partial charge in [-0.25, -0.2) is 24.5 Å². The largest absolute Gasteiger partial charge is 0.444 e. The van der Waals surface area contributed by atoms with Gasteiger partial charge in [0.15, 0.2) is 11.4 Å². The monoisotopic (exact) mass is 694 g/mol. The highest BCUT2D eigenvalue weighted by molar-refractivity contribution is 5.80. The number of carbonyl (C=O) groups is 1. The van der Waals surface area contributed by atoms with E-state index in [2.05, 4.69) is 34.8 Å². The molecule has 2 aromatic heterocycles. The van der Waals surface area contributed by atoms with Crippen LogP contribution in [0.5, 0.6) is 0 Å². The molecular weight excluding hydrogens is 648 g/mol. The first-order chi connectivity index (χ1) is 24.4. The molecule has 0 radical (unpaired) electrons. The van der Waals surface area contributed by atoms with Gasteiger partial charge in [-0.1, -0.05) is 12.1 Å². The molecule has 4 aromatic rings. The van der Waals surface area contributed by atoms with Crippen LogP contribution < -0.4 is 22.2 Å². The van der Waals surface area contributed by atoms with Gasteiger partial charge in [0.1, 0.15) is 5.60 Å². The van der Waals surface area contributed by atoms with Gasteiger partial charge in [0.25, 0.3) is 11.1 Å². The lowest BCUT2D eigenvalue weighted by Crippen LogP contribution is -2.46. The number of rotatable bonds is 7. The number of nitrogens with zero attached hydrogens (tertiary/aromatic N) is 8. The molecule has 3 N–H and O–H groups in total. The Hall–Kier alpha value is -5.15. The van der Waals surface area contributed by atoms with E-state index in [1.807, 2.05) is 20.8 Å². The van der Waals surface area contributed by atoms with E-state index in [1.165, 1.54) is 12.4 Å². The summed E-state index contributed by atoms with van der Waals surface area (Å²) in [6.45, 7) is 26.2. The summed E-state index contributed by atoms with van der Waals surface area (Å²) >= 11 is 0. The molecule has 0 atom stereocenters. The zero-order valence-corrected chi connectivity index (χ0v) is 29.5. The minimum absolute atomic E-state index is 0.104. The second-order valence-corrected chi connectivity index (χ2v) is 14.0. The quantitative estimate of drug-likeness (QED) is 0.270. The van der Waals surface area contributed by atoms with Crippen LogP contribution in [0.25, 0.3) is 31.8 Å². The highest BCUT2D eigenvalue weighted by Crippen LogP contribution is 2.20. The van der Waals surface area contributed by atoms with Gasteiger partial charge in [0.2, 0.25) is 0 Å². The van der Waals surface area contributed by atoms with Crippen molar-refractivity contribution < 1.29 is 9.53 Å². The summed E-state index contributed by atoms with van der Waals surface area (Å²) in [5.41, 5.74) is 9.01. The van der Waals surface area contributed by atoms with Gasteiger partial charge in [0.05, 0.1) is 47.6 Å². The van der Waals surface area contributed by atoms with Crippen LogP contribution in [0, 0.1) is 13.1 Å². The first-order valence-electron chi connectivity index (χ1n) is 17.4. The van der Waals surface area contributed by atoms with Gasteiger partial charge in [-0.2, -0.15) is 0 Å². The number of alkyl carbamates (subject to hydrolysis) is 1. The van der Waals surface area contributed by atoms with Crippen LogP contribution in [-0.2, 0) is 17.8 Å². The van der Waals surface area contributed by atoms with Crippen molar-refractivity contribution in [2.45, 2.75) is 77.2 Å². The molecule has 2 aliphatic rings. The smallest absolute Gasteiger partial charge is 0.407 e. The van der Waals surface area contributed by atoms with Gasteiger partial charge in [0, 0.05) is 51.4 Å². The van der Waals surface area contributed by atoms with Crippen LogP contribution in [0.4, 0.5) is 16.2 Å². The summed E-state index contributed by atoms with van der Waals surface area (Å²) in [5.74, 6) is 0. The van der Waals surface area contributed by atoms with Gasteiger partial charge in [-0.05, 0) is 83.8 Å². The van der Waals surface area contributed by atoms with E-state index in [-0.39, 0.29) is 23.3 Å². The standard InChI is InChI=1S/C21H27N5O3.C16H19N5O/c1-21(2,3)29-20(28)24-15-7-9-25(10-8-15)11-12-26-18-13-16(22-4)5-6-17(18)23-14-19(26)27;1-18-13-2-3-14-15(10-13)21(16(22)11-19-14)9-8-20-6-4-12(17)5-7-20/h5-6,13-15H,7-12H2,1-3H3,(H,24,28);2-3,10-12H,4-9,17H2. The third-order valence-corrected chi connectivity index (χ3v) is 9.14. The lowest BCUT2D eigenvalue weighted by molar-refractivity contribution is 0.0478. The Morgan fingerprint density at radius 1 is 0.804 bits per heavy atom. The average Bonchev–Trinajstić information content (AvgIpc) is 3.11. The van der Waals surface area contributed by atoms with Crippen molar-refractivity contribution in [1.29, 1.82) is 0 Å². The third-order valence-electron chi connectivity index (χ3n) is 9.14. The average molecular weight is 695 g/mol. The Kier molecular flexibility index (Phi) is 12.2. The van der Waals surface area contributed by atoms with E-state index in [1.54, 1.807) is 45.5 Å². The number of likely N-dealkylation sites (tertiary alicyclic amines) is 2. The number of amides is 1. The van der Waals surface area contributed by atoms with Gasteiger partial charge >= 0.3 is 6.09 Å².